The minimum absolute atomic E-state index is 0.151. The van der Waals surface area contributed by atoms with Gasteiger partial charge in [-0.05, 0) is 13.0 Å². The topological polar surface area (TPSA) is 73.7 Å². The van der Waals surface area contributed by atoms with Gasteiger partial charge in [0.05, 0.1) is 6.20 Å². The van der Waals surface area contributed by atoms with E-state index in [9.17, 15) is 4.79 Å². The molecule has 0 saturated carbocycles. The lowest BCUT2D eigenvalue weighted by Crippen LogP contribution is -2.72. The number of nitrogens with zero attached hydrogens (tertiary/aromatic N) is 2. The third kappa shape index (κ3) is 4.63. The first kappa shape index (κ1) is 15.6. The number of aromatic nitrogens is 1. The van der Waals surface area contributed by atoms with Crippen LogP contribution in [-0.4, -0.2) is 33.4 Å². The van der Waals surface area contributed by atoms with Crippen molar-refractivity contribution in [3.63, 3.8) is 0 Å². The Morgan fingerprint density at radius 2 is 2.37 bits per heavy atom. The zero-order valence-electron chi connectivity index (χ0n) is 10.4. The zero-order chi connectivity index (χ0) is 14.3. The Morgan fingerprint density at radius 1 is 1.63 bits per heavy atom. The monoisotopic (exact) mass is 301 g/mol. The van der Waals surface area contributed by atoms with Gasteiger partial charge in [0, 0.05) is 18.8 Å². The minimum atomic E-state index is -0.291. The molecular formula is C12H15Cl2N4O+. The van der Waals surface area contributed by atoms with E-state index < -0.39 is 0 Å². The van der Waals surface area contributed by atoms with Crippen LogP contribution in [0.4, 0.5) is 5.69 Å². The fourth-order valence-electron chi connectivity index (χ4n) is 1.48. The van der Waals surface area contributed by atoms with Gasteiger partial charge in [0.1, 0.15) is 22.9 Å². The predicted molar refractivity (Wildman–Crippen MR) is 75.6 cm³/mol. The maximum Gasteiger partial charge on any atom is 0.242 e. The van der Waals surface area contributed by atoms with Crippen molar-refractivity contribution in [3.8, 4) is 0 Å². The number of nitrogens with two attached hydrogens (primary N) is 1. The first-order valence-corrected chi connectivity index (χ1v) is 6.57. The lowest BCUT2D eigenvalue weighted by molar-refractivity contribution is -0.497. The number of halogens is 2. The number of alkyl halides is 1. The van der Waals surface area contributed by atoms with Crippen molar-refractivity contribution in [1.29, 1.82) is 5.41 Å². The molecule has 1 amide bonds. The summed E-state index contributed by atoms with van der Waals surface area (Å²) in [5.41, 5.74) is 1.17. The molecule has 0 aliphatic carbocycles. The van der Waals surface area contributed by atoms with E-state index in [1.165, 1.54) is 4.90 Å². The zero-order valence-corrected chi connectivity index (χ0v) is 11.9. The number of allylic oxidation sites excluding steroid dienone is 1. The summed E-state index contributed by atoms with van der Waals surface area (Å²) in [6.07, 6.45) is 4.95. The number of rotatable bonds is 6. The number of pyridine rings is 1. The third-order valence-corrected chi connectivity index (χ3v) is 2.79. The van der Waals surface area contributed by atoms with E-state index in [2.05, 4.69) is 4.98 Å². The summed E-state index contributed by atoms with van der Waals surface area (Å²) >= 11 is 11.3. The molecule has 1 heterocycles. The summed E-state index contributed by atoms with van der Waals surface area (Å²) in [6.45, 7) is 2.19. The van der Waals surface area contributed by atoms with Crippen LogP contribution in [0.2, 0.25) is 0 Å². The van der Waals surface area contributed by atoms with Gasteiger partial charge in [-0.15, -0.1) is 11.6 Å². The predicted octanol–water partition coefficient (Wildman–Crippen LogP) is 1.42. The molecule has 3 N–H and O–H groups in total. The SMILES string of the molecule is CCN(C(=O)CCl)C(=C[NH2+]c1cccnc1)C(=N)Cl. The van der Waals surface area contributed by atoms with Gasteiger partial charge in [-0.25, -0.2) is 0 Å². The van der Waals surface area contributed by atoms with Gasteiger partial charge in [-0.2, -0.15) is 0 Å². The minimum Gasteiger partial charge on any atom is -0.304 e. The standard InChI is InChI=1S/C12H14Cl2N4O/c1-2-18(11(19)6-13)10(12(14)15)8-17-9-4-3-5-16-7-9/h3-5,7-8,15,17H,2,6H2,1H3/p+1. The largest absolute Gasteiger partial charge is 0.304 e. The Labute approximate surface area is 121 Å². The molecule has 19 heavy (non-hydrogen) atoms. The van der Waals surface area contributed by atoms with Crippen molar-refractivity contribution in [2.75, 3.05) is 12.4 Å². The van der Waals surface area contributed by atoms with Gasteiger partial charge in [0.25, 0.3) is 0 Å². The fraction of sp³-hybridized carbons (Fsp3) is 0.250. The highest BCUT2D eigenvalue weighted by molar-refractivity contribution is 6.68. The lowest BCUT2D eigenvalue weighted by Gasteiger charge is -2.20. The van der Waals surface area contributed by atoms with Crippen molar-refractivity contribution in [2.45, 2.75) is 6.92 Å². The number of carbonyl (C=O) groups excluding carboxylic acids is 1. The normalized spacial score (nSPS) is 11.2. The molecule has 0 aliphatic rings. The third-order valence-electron chi connectivity index (χ3n) is 2.37. The molecule has 0 fully saturated rings. The number of carbonyl (C=O) groups is 1. The Morgan fingerprint density at radius 3 is 2.84 bits per heavy atom. The van der Waals surface area contributed by atoms with Crippen LogP contribution in [0, 0.1) is 5.41 Å². The van der Waals surface area contributed by atoms with Gasteiger partial charge < -0.3 is 4.90 Å². The van der Waals surface area contributed by atoms with Crippen LogP contribution in [0.1, 0.15) is 6.92 Å². The summed E-state index contributed by atoms with van der Waals surface area (Å²) in [7, 11) is 0. The van der Waals surface area contributed by atoms with Crippen molar-refractivity contribution in [3.05, 3.63) is 36.4 Å². The molecular weight excluding hydrogens is 287 g/mol. The lowest BCUT2D eigenvalue weighted by atomic mass is 10.3. The maximum atomic E-state index is 11.7. The second-order valence-corrected chi connectivity index (χ2v) is 4.24. The average Bonchev–Trinajstić information content (AvgIpc) is 2.43. The molecule has 1 aromatic heterocycles. The molecule has 0 saturated heterocycles. The van der Waals surface area contributed by atoms with E-state index in [1.807, 2.05) is 6.07 Å². The molecule has 7 heteroatoms. The van der Waals surface area contributed by atoms with Gasteiger partial charge >= 0.3 is 0 Å². The van der Waals surface area contributed by atoms with E-state index in [0.717, 1.165) is 5.69 Å². The van der Waals surface area contributed by atoms with Crippen LogP contribution in [-0.2, 0) is 4.79 Å². The molecule has 0 spiro atoms. The highest BCUT2D eigenvalue weighted by atomic mass is 35.5. The molecule has 0 atom stereocenters. The van der Waals surface area contributed by atoms with Crippen LogP contribution in [0.3, 0.4) is 0 Å². The van der Waals surface area contributed by atoms with Crippen LogP contribution in [0.25, 0.3) is 0 Å². The Bertz CT molecular complexity index is 476. The summed E-state index contributed by atoms with van der Waals surface area (Å²) in [4.78, 5) is 17.0. The average molecular weight is 302 g/mol. The van der Waals surface area contributed by atoms with E-state index >= 15 is 0 Å². The second-order valence-electron chi connectivity index (χ2n) is 3.59. The van der Waals surface area contributed by atoms with Crippen LogP contribution < -0.4 is 5.32 Å². The number of quaternary nitrogens is 1. The van der Waals surface area contributed by atoms with E-state index in [4.69, 9.17) is 28.6 Å². The summed E-state index contributed by atoms with van der Waals surface area (Å²) < 4.78 is 0. The molecule has 1 aromatic rings. The molecule has 0 radical (unpaired) electrons. The highest BCUT2D eigenvalue weighted by Gasteiger charge is 2.19. The molecule has 0 aromatic carbocycles. The van der Waals surface area contributed by atoms with Crippen molar-refractivity contribution in [1.82, 2.24) is 9.88 Å². The molecule has 1 rings (SSSR count). The van der Waals surface area contributed by atoms with Gasteiger partial charge in [0.2, 0.25) is 5.91 Å². The number of hydrogen-bond acceptors (Lipinski definition) is 3. The number of nitrogens with one attached hydrogen (secondary N) is 1. The van der Waals surface area contributed by atoms with Crippen molar-refractivity contribution < 1.29 is 10.1 Å². The first-order chi connectivity index (χ1) is 9.10. The number of amides is 1. The summed E-state index contributed by atoms with van der Waals surface area (Å²) in [5, 5.41) is 9.08. The molecule has 0 unspecified atom stereocenters. The number of hydrogen-bond donors (Lipinski definition) is 2. The van der Waals surface area contributed by atoms with E-state index in [1.54, 1.807) is 36.9 Å². The smallest absolute Gasteiger partial charge is 0.242 e. The highest BCUT2D eigenvalue weighted by Crippen LogP contribution is 2.08. The van der Waals surface area contributed by atoms with Gasteiger partial charge in [-0.3, -0.25) is 20.5 Å². The molecule has 0 aliphatic heterocycles. The Kier molecular flexibility index (Phi) is 6.49. The van der Waals surface area contributed by atoms with Gasteiger partial charge in [0.15, 0.2) is 5.69 Å². The van der Waals surface area contributed by atoms with E-state index in [0.29, 0.717) is 12.2 Å². The van der Waals surface area contributed by atoms with Crippen molar-refractivity contribution in [2.24, 2.45) is 0 Å². The molecule has 5 nitrogen and oxygen atoms in total. The quantitative estimate of drug-likeness (QED) is 0.616. The summed E-state index contributed by atoms with van der Waals surface area (Å²) in [5.74, 6) is -0.442. The molecule has 102 valence electrons. The van der Waals surface area contributed by atoms with Crippen LogP contribution >= 0.6 is 23.2 Å². The molecule has 0 bridgehead atoms. The fourth-order valence-corrected chi connectivity index (χ4v) is 1.79. The van der Waals surface area contributed by atoms with Gasteiger partial charge in [-0.1, -0.05) is 11.6 Å². The maximum absolute atomic E-state index is 11.7. The Balaban J connectivity index is 2.93. The van der Waals surface area contributed by atoms with Crippen LogP contribution in [0.5, 0.6) is 0 Å². The summed E-state index contributed by atoms with van der Waals surface area (Å²) in [6, 6.07) is 3.66. The second kappa shape index (κ2) is 7.89. The van der Waals surface area contributed by atoms with E-state index in [-0.39, 0.29) is 17.0 Å². The first-order valence-electron chi connectivity index (χ1n) is 5.66. The Hall–Kier alpha value is -1.43. The van der Waals surface area contributed by atoms with Crippen LogP contribution in [0.15, 0.2) is 36.4 Å². The van der Waals surface area contributed by atoms with Crippen molar-refractivity contribution >= 4 is 40.0 Å².